The van der Waals surface area contributed by atoms with Gasteiger partial charge >= 0.3 is 0 Å². The monoisotopic (exact) mass is 391 g/mol. The van der Waals surface area contributed by atoms with Gasteiger partial charge in [-0.1, -0.05) is 38.1 Å². The van der Waals surface area contributed by atoms with Gasteiger partial charge in [-0.15, -0.1) is 12.4 Å². The van der Waals surface area contributed by atoms with Crippen LogP contribution in [0.3, 0.4) is 0 Å². The molecule has 0 saturated carbocycles. The number of halogens is 2. The second kappa shape index (κ2) is 8.06. The van der Waals surface area contributed by atoms with Crippen LogP contribution in [0.5, 0.6) is 0 Å². The zero-order valence-corrected chi connectivity index (χ0v) is 16.2. The summed E-state index contributed by atoms with van der Waals surface area (Å²) in [6.45, 7) is 5.38. The summed E-state index contributed by atoms with van der Waals surface area (Å²) >= 11 is 0. The normalized spacial score (nSPS) is 16.7. The Kier molecular flexibility index (Phi) is 6.23. The van der Waals surface area contributed by atoms with Crippen molar-refractivity contribution in [3.8, 4) is 11.1 Å². The van der Waals surface area contributed by atoms with E-state index in [0.717, 1.165) is 11.1 Å². The van der Waals surface area contributed by atoms with Gasteiger partial charge in [0.1, 0.15) is 5.82 Å². The highest BCUT2D eigenvalue weighted by atomic mass is 35.5. The fourth-order valence-electron chi connectivity index (χ4n) is 3.08. The lowest BCUT2D eigenvalue weighted by atomic mass is 9.92. The summed E-state index contributed by atoms with van der Waals surface area (Å²) in [5.41, 5.74) is 11.2. The molecular formula is C20H23ClFN3O2. The van der Waals surface area contributed by atoms with E-state index in [0.29, 0.717) is 11.3 Å². The third kappa shape index (κ3) is 3.82. The summed E-state index contributed by atoms with van der Waals surface area (Å²) in [5.74, 6) is -1.88. The van der Waals surface area contributed by atoms with Crippen molar-refractivity contribution in [1.29, 1.82) is 0 Å². The van der Waals surface area contributed by atoms with Gasteiger partial charge in [-0.25, -0.2) is 9.40 Å². The standard InChI is InChI=1S/C20H22FN3O2.ClH/c1-11(2)18(22)19(25)23-24-17-7-5-4-6-15(17)14-9-8-13(21)10-16(14)12(3)20(24)26;/h4-12,18H,22H2,1-3H3,(H,23,25);1H/t12?,18-;/m0./s1. The first kappa shape index (κ1) is 20.9. The molecule has 3 N–H and O–H groups in total. The number of para-hydroxylation sites is 1. The van der Waals surface area contributed by atoms with E-state index in [9.17, 15) is 14.0 Å². The number of fused-ring (bicyclic) bond motifs is 3. The number of carbonyl (C=O) groups excluding carboxylic acids is 2. The van der Waals surface area contributed by atoms with Crippen molar-refractivity contribution in [3.63, 3.8) is 0 Å². The highest BCUT2D eigenvalue weighted by Crippen LogP contribution is 2.40. The number of amides is 2. The number of hydrogen-bond donors (Lipinski definition) is 2. The van der Waals surface area contributed by atoms with Crippen LogP contribution in [0.4, 0.5) is 10.1 Å². The summed E-state index contributed by atoms with van der Waals surface area (Å²) < 4.78 is 13.8. The second-order valence-corrected chi connectivity index (χ2v) is 6.89. The Bertz CT molecular complexity index is 872. The van der Waals surface area contributed by atoms with E-state index in [-0.39, 0.29) is 24.2 Å². The summed E-state index contributed by atoms with van der Waals surface area (Å²) in [6.07, 6.45) is 0. The van der Waals surface area contributed by atoms with Gasteiger partial charge < -0.3 is 5.73 Å². The molecule has 0 spiro atoms. The van der Waals surface area contributed by atoms with Crippen molar-refractivity contribution in [2.75, 3.05) is 5.01 Å². The molecular weight excluding hydrogens is 369 g/mol. The highest BCUT2D eigenvalue weighted by molar-refractivity contribution is 6.06. The molecule has 2 amide bonds. The average molecular weight is 392 g/mol. The minimum Gasteiger partial charge on any atom is -0.320 e. The number of benzene rings is 2. The molecule has 0 aromatic heterocycles. The molecule has 0 bridgehead atoms. The molecule has 0 saturated heterocycles. The minimum absolute atomic E-state index is 0. The van der Waals surface area contributed by atoms with Crippen molar-refractivity contribution in [3.05, 3.63) is 53.8 Å². The Labute approximate surface area is 164 Å². The summed E-state index contributed by atoms with van der Waals surface area (Å²) in [5, 5.41) is 1.24. The summed E-state index contributed by atoms with van der Waals surface area (Å²) in [4.78, 5) is 25.5. The maximum Gasteiger partial charge on any atom is 0.256 e. The zero-order chi connectivity index (χ0) is 19.0. The molecule has 1 unspecified atom stereocenters. The Morgan fingerprint density at radius 2 is 1.85 bits per heavy atom. The van der Waals surface area contributed by atoms with Crippen molar-refractivity contribution in [2.24, 2.45) is 11.7 Å². The fourth-order valence-corrected chi connectivity index (χ4v) is 3.08. The Morgan fingerprint density at radius 3 is 2.52 bits per heavy atom. The number of nitrogens with two attached hydrogens (primary N) is 1. The van der Waals surface area contributed by atoms with Crippen molar-refractivity contribution < 1.29 is 14.0 Å². The number of carbonyl (C=O) groups is 2. The Hall–Kier alpha value is -2.44. The first-order chi connectivity index (χ1) is 12.3. The quantitative estimate of drug-likeness (QED) is 0.842. The SMILES string of the molecule is CC1C(=O)N(NC(=O)[C@@H](N)C(C)C)c2ccccc2-c2ccc(F)cc21.Cl. The van der Waals surface area contributed by atoms with Gasteiger partial charge in [0.15, 0.2) is 0 Å². The fraction of sp³-hybridized carbons (Fsp3) is 0.300. The van der Waals surface area contributed by atoms with Crippen LogP contribution < -0.4 is 16.2 Å². The summed E-state index contributed by atoms with van der Waals surface area (Å²) in [7, 11) is 0. The largest absolute Gasteiger partial charge is 0.320 e. The molecule has 2 aromatic carbocycles. The maximum absolute atomic E-state index is 13.8. The number of hydrogen-bond acceptors (Lipinski definition) is 3. The second-order valence-electron chi connectivity index (χ2n) is 6.89. The molecule has 2 atom stereocenters. The number of hydrazine groups is 1. The van der Waals surface area contributed by atoms with Crippen molar-refractivity contribution >= 4 is 29.9 Å². The van der Waals surface area contributed by atoms with Crippen LogP contribution in [-0.4, -0.2) is 17.9 Å². The molecule has 0 radical (unpaired) electrons. The average Bonchev–Trinajstić information content (AvgIpc) is 2.71. The lowest BCUT2D eigenvalue weighted by Crippen LogP contribution is -2.54. The molecule has 0 aliphatic carbocycles. The van der Waals surface area contributed by atoms with Crippen LogP contribution in [0, 0.1) is 11.7 Å². The smallest absolute Gasteiger partial charge is 0.256 e. The van der Waals surface area contributed by atoms with Gasteiger partial charge in [0.05, 0.1) is 17.6 Å². The van der Waals surface area contributed by atoms with Gasteiger partial charge in [0, 0.05) is 5.56 Å². The van der Waals surface area contributed by atoms with E-state index < -0.39 is 23.7 Å². The minimum atomic E-state index is -0.742. The molecule has 27 heavy (non-hydrogen) atoms. The van der Waals surface area contributed by atoms with E-state index in [1.54, 1.807) is 25.1 Å². The molecule has 1 aliphatic heterocycles. The number of rotatable bonds is 3. The molecule has 1 heterocycles. The van der Waals surface area contributed by atoms with Crippen LogP contribution in [0.15, 0.2) is 42.5 Å². The Balaban J connectivity index is 0.00000261. The Morgan fingerprint density at radius 1 is 1.19 bits per heavy atom. The molecule has 3 rings (SSSR count). The third-order valence-corrected chi connectivity index (χ3v) is 4.75. The van der Waals surface area contributed by atoms with E-state index in [2.05, 4.69) is 5.43 Å². The van der Waals surface area contributed by atoms with Gasteiger partial charge in [0.2, 0.25) is 0 Å². The molecule has 144 valence electrons. The zero-order valence-electron chi connectivity index (χ0n) is 15.4. The maximum atomic E-state index is 13.8. The van der Waals surface area contributed by atoms with Gasteiger partial charge in [-0.3, -0.25) is 15.0 Å². The van der Waals surface area contributed by atoms with Gasteiger partial charge in [-0.2, -0.15) is 0 Å². The van der Waals surface area contributed by atoms with Crippen LogP contribution in [0.25, 0.3) is 11.1 Å². The summed E-state index contributed by atoms with van der Waals surface area (Å²) in [6, 6.07) is 10.9. The first-order valence-electron chi connectivity index (χ1n) is 8.60. The van der Waals surface area contributed by atoms with Gasteiger partial charge in [0.25, 0.3) is 11.8 Å². The highest BCUT2D eigenvalue weighted by Gasteiger charge is 2.33. The van der Waals surface area contributed by atoms with E-state index in [4.69, 9.17) is 5.73 Å². The molecule has 7 heteroatoms. The van der Waals surface area contributed by atoms with Crippen LogP contribution in [0.2, 0.25) is 0 Å². The molecule has 2 aromatic rings. The lowest BCUT2D eigenvalue weighted by Gasteiger charge is -2.27. The van der Waals surface area contributed by atoms with E-state index in [1.165, 1.54) is 17.1 Å². The van der Waals surface area contributed by atoms with E-state index >= 15 is 0 Å². The number of nitrogens with one attached hydrogen (secondary N) is 1. The van der Waals surface area contributed by atoms with Crippen LogP contribution in [-0.2, 0) is 9.59 Å². The first-order valence-corrected chi connectivity index (χ1v) is 8.60. The molecule has 0 fully saturated rings. The number of nitrogens with zero attached hydrogens (tertiary/aromatic N) is 1. The van der Waals surface area contributed by atoms with E-state index in [1.807, 2.05) is 26.0 Å². The van der Waals surface area contributed by atoms with Gasteiger partial charge in [-0.05, 0) is 42.2 Å². The molecule has 1 aliphatic rings. The number of anilines is 1. The topological polar surface area (TPSA) is 75.4 Å². The van der Waals surface area contributed by atoms with Crippen LogP contribution in [0.1, 0.15) is 32.3 Å². The van der Waals surface area contributed by atoms with Crippen LogP contribution >= 0.6 is 12.4 Å². The van der Waals surface area contributed by atoms with Crippen molar-refractivity contribution in [1.82, 2.24) is 5.43 Å². The van der Waals surface area contributed by atoms with Crippen molar-refractivity contribution in [2.45, 2.75) is 32.7 Å². The third-order valence-electron chi connectivity index (χ3n) is 4.75. The lowest BCUT2D eigenvalue weighted by molar-refractivity contribution is -0.127. The predicted molar refractivity (Wildman–Crippen MR) is 106 cm³/mol. The predicted octanol–water partition coefficient (Wildman–Crippen LogP) is 3.38. The molecule has 5 nitrogen and oxygen atoms in total.